The van der Waals surface area contributed by atoms with Gasteiger partial charge in [-0.2, -0.15) is 0 Å². The minimum absolute atomic E-state index is 0.0686. The van der Waals surface area contributed by atoms with E-state index in [0.717, 1.165) is 24.0 Å². The van der Waals surface area contributed by atoms with Gasteiger partial charge in [0.05, 0.1) is 4.90 Å². The molecule has 2 aromatic rings. The van der Waals surface area contributed by atoms with Crippen LogP contribution in [0.1, 0.15) is 16.8 Å². The normalized spacial score (nSPS) is 14.2. The highest BCUT2D eigenvalue weighted by atomic mass is 79.9. The van der Waals surface area contributed by atoms with Crippen LogP contribution in [0, 0.1) is 0 Å². The first-order valence-corrected chi connectivity index (χ1v) is 9.41. The van der Waals surface area contributed by atoms with Gasteiger partial charge < -0.3 is 4.90 Å². The Morgan fingerprint density at radius 1 is 1.09 bits per heavy atom. The summed E-state index contributed by atoms with van der Waals surface area (Å²) >= 11 is 3.27. The average Bonchev–Trinajstić information content (AvgIpc) is 2.45. The van der Waals surface area contributed by atoms with Gasteiger partial charge in [0.2, 0.25) is 0 Å². The van der Waals surface area contributed by atoms with Crippen molar-refractivity contribution in [2.45, 2.75) is 11.3 Å². The molecule has 5 nitrogen and oxygen atoms in total. The largest absolute Gasteiger partial charge is 0.339 e. The molecule has 1 amide bonds. The molecular weight excluding hydrogens is 380 g/mol. The molecule has 0 aliphatic carbocycles. The lowest BCUT2D eigenvalue weighted by Crippen LogP contribution is -2.42. The third-order valence-corrected chi connectivity index (χ3v) is 5.55. The number of hydrogen-bond acceptors (Lipinski definition) is 3. The molecule has 0 spiro atoms. The molecule has 0 unspecified atom stereocenters. The van der Waals surface area contributed by atoms with Crippen molar-refractivity contribution < 1.29 is 13.2 Å². The molecule has 0 aromatic heterocycles. The van der Waals surface area contributed by atoms with Crippen LogP contribution in [0.5, 0.6) is 0 Å². The van der Waals surface area contributed by atoms with Crippen molar-refractivity contribution in [3.63, 3.8) is 0 Å². The molecule has 0 atom stereocenters. The fourth-order valence-corrected chi connectivity index (χ4v) is 3.56. The van der Waals surface area contributed by atoms with Crippen molar-refractivity contribution in [2.24, 2.45) is 0 Å². The second-order valence-corrected chi connectivity index (χ2v) is 7.88. The fraction of sp³-hybridized carbons (Fsp3) is 0.188. The van der Waals surface area contributed by atoms with E-state index in [1.807, 2.05) is 0 Å². The van der Waals surface area contributed by atoms with Crippen LogP contribution < -0.4 is 4.72 Å². The first kappa shape index (κ1) is 16.0. The summed E-state index contributed by atoms with van der Waals surface area (Å²) in [6.07, 6.45) is 1.02. The summed E-state index contributed by atoms with van der Waals surface area (Å²) in [5, 5.41) is 0. The average molecular weight is 395 g/mol. The van der Waals surface area contributed by atoms with E-state index in [1.165, 1.54) is 12.1 Å². The maximum absolute atomic E-state index is 12.4. The molecule has 1 aliphatic heterocycles. The highest BCUT2D eigenvalue weighted by Crippen LogP contribution is 2.20. The van der Waals surface area contributed by atoms with Crippen LogP contribution in [-0.2, 0) is 10.0 Å². The van der Waals surface area contributed by atoms with Crippen LogP contribution in [0.3, 0.4) is 0 Å². The summed E-state index contributed by atoms with van der Waals surface area (Å²) < 4.78 is 28.1. The molecule has 1 fully saturated rings. The minimum Gasteiger partial charge on any atom is -0.339 e. The van der Waals surface area contributed by atoms with Crippen molar-refractivity contribution in [1.29, 1.82) is 0 Å². The van der Waals surface area contributed by atoms with Crippen LogP contribution in [0.2, 0.25) is 0 Å². The number of hydrogen-bond donors (Lipinski definition) is 1. The molecule has 1 heterocycles. The van der Waals surface area contributed by atoms with E-state index in [9.17, 15) is 13.2 Å². The Balaban J connectivity index is 1.82. The Labute approximate surface area is 143 Å². The molecule has 2 aromatic carbocycles. The summed E-state index contributed by atoms with van der Waals surface area (Å²) in [6.45, 7) is 1.52. The number of carbonyl (C=O) groups is 1. The lowest BCUT2D eigenvalue weighted by molar-refractivity contribution is 0.0652. The van der Waals surface area contributed by atoms with Gasteiger partial charge in [-0.1, -0.05) is 22.0 Å². The summed E-state index contributed by atoms with van der Waals surface area (Å²) in [5.41, 5.74) is 0.861. The van der Waals surface area contributed by atoms with Gasteiger partial charge >= 0.3 is 0 Å². The Morgan fingerprint density at radius 3 is 2.39 bits per heavy atom. The summed E-state index contributed by atoms with van der Waals surface area (Å²) in [5.74, 6) is -0.0686. The molecule has 1 N–H and O–H groups in total. The van der Waals surface area contributed by atoms with Crippen molar-refractivity contribution in [3.05, 3.63) is 58.6 Å². The topological polar surface area (TPSA) is 66.5 Å². The van der Waals surface area contributed by atoms with E-state index in [2.05, 4.69) is 20.7 Å². The van der Waals surface area contributed by atoms with Crippen molar-refractivity contribution in [1.82, 2.24) is 4.90 Å². The van der Waals surface area contributed by atoms with Gasteiger partial charge in [-0.15, -0.1) is 0 Å². The molecule has 1 saturated heterocycles. The number of benzene rings is 2. The van der Waals surface area contributed by atoms with E-state index in [0.29, 0.717) is 11.3 Å². The van der Waals surface area contributed by atoms with Crippen LogP contribution in [0.4, 0.5) is 5.69 Å². The SMILES string of the molecule is O=C(c1cccc(NS(=O)(=O)c2ccc(Br)cc2)c1)N1CCC1. The fourth-order valence-electron chi connectivity index (χ4n) is 2.25. The highest BCUT2D eigenvalue weighted by molar-refractivity contribution is 9.10. The molecule has 0 saturated carbocycles. The Bertz CT molecular complexity index is 831. The van der Waals surface area contributed by atoms with Crippen LogP contribution in [-0.4, -0.2) is 32.3 Å². The van der Waals surface area contributed by atoms with Crippen LogP contribution in [0.15, 0.2) is 57.9 Å². The monoisotopic (exact) mass is 394 g/mol. The maximum atomic E-state index is 12.4. The van der Waals surface area contributed by atoms with E-state index in [1.54, 1.807) is 41.3 Å². The van der Waals surface area contributed by atoms with Crippen LogP contribution >= 0.6 is 15.9 Å². The number of nitrogens with zero attached hydrogens (tertiary/aromatic N) is 1. The first-order valence-electron chi connectivity index (χ1n) is 7.13. The van der Waals surface area contributed by atoms with Crippen molar-refractivity contribution in [3.8, 4) is 0 Å². The van der Waals surface area contributed by atoms with E-state index in [4.69, 9.17) is 0 Å². The Kier molecular flexibility index (Phi) is 4.41. The van der Waals surface area contributed by atoms with Gasteiger partial charge in [-0.3, -0.25) is 9.52 Å². The van der Waals surface area contributed by atoms with Crippen molar-refractivity contribution in [2.75, 3.05) is 17.8 Å². The molecule has 7 heteroatoms. The number of carbonyl (C=O) groups excluding carboxylic acids is 1. The lowest BCUT2D eigenvalue weighted by Gasteiger charge is -2.31. The van der Waals surface area contributed by atoms with Gasteiger partial charge in [0, 0.05) is 28.8 Å². The Hall–Kier alpha value is -1.86. The molecule has 0 radical (unpaired) electrons. The third-order valence-electron chi connectivity index (χ3n) is 3.63. The molecular formula is C16H15BrN2O3S. The van der Waals surface area contributed by atoms with Gasteiger partial charge in [-0.25, -0.2) is 8.42 Å². The van der Waals surface area contributed by atoms with Gasteiger partial charge in [0.25, 0.3) is 15.9 Å². The van der Waals surface area contributed by atoms with Gasteiger partial charge in [-0.05, 0) is 48.9 Å². The van der Waals surface area contributed by atoms with E-state index >= 15 is 0 Å². The summed E-state index contributed by atoms with van der Waals surface area (Å²) in [7, 11) is -3.68. The smallest absolute Gasteiger partial charge is 0.261 e. The lowest BCUT2D eigenvalue weighted by atomic mass is 10.1. The van der Waals surface area contributed by atoms with Gasteiger partial charge in [0.1, 0.15) is 0 Å². The van der Waals surface area contributed by atoms with E-state index in [-0.39, 0.29) is 10.8 Å². The number of anilines is 1. The Morgan fingerprint density at radius 2 is 1.78 bits per heavy atom. The number of halogens is 1. The number of sulfonamides is 1. The number of rotatable bonds is 4. The highest BCUT2D eigenvalue weighted by Gasteiger charge is 2.22. The maximum Gasteiger partial charge on any atom is 0.261 e. The van der Waals surface area contributed by atoms with Crippen molar-refractivity contribution >= 4 is 37.5 Å². The predicted molar refractivity (Wildman–Crippen MR) is 91.9 cm³/mol. The number of likely N-dealkylation sites (tertiary alicyclic amines) is 1. The molecule has 1 aliphatic rings. The van der Waals surface area contributed by atoms with E-state index < -0.39 is 10.0 Å². The first-order chi connectivity index (χ1) is 11.0. The quantitative estimate of drug-likeness (QED) is 0.865. The second-order valence-electron chi connectivity index (χ2n) is 5.29. The molecule has 3 rings (SSSR count). The zero-order chi connectivity index (χ0) is 16.4. The zero-order valence-electron chi connectivity index (χ0n) is 12.2. The van der Waals surface area contributed by atoms with Crippen LogP contribution in [0.25, 0.3) is 0 Å². The summed E-state index contributed by atoms with van der Waals surface area (Å²) in [6, 6.07) is 12.9. The molecule has 0 bridgehead atoms. The standard InChI is InChI=1S/C16H15BrN2O3S/c17-13-5-7-15(8-6-13)23(21,22)18-14-4-1-3-12(11-14)16(20)19-9-2-10-19/h1,3-8,11,18H,2,9-10H2. The number of nitrogens with one attached hydrogen (secondary N) is 1. The minimum atomic E-state index is -3.68. The third kappa shape index (κ3) is 3.56. The predicted octanol–water partition coefficient (Wildman–Crippen LogP) is 3.10. The number of amides is 1. The molecule has 120 valence electrons. The zero-order valence-corrected chi connectivity index (χ0v) is 14.6. The molecule has 23 heavy (non-hydrogen) atoms. The van der Waals surface area contributed by atoms with Gasteiger partial charge in [0.15, 0.2) is 0 Å². The second kappa shape index (κ2) is 6.33. The summed E-state index contributed by atoms with van der Waals surface area (Å²) in [4.78, 5) is 14.1.